The maximum atomic E-state index is 11.8. The molecule has 0 aliphatic rings. The van der Waals surface area contributed by atoms with Gasteiger partial charge < -0.3 is 9.84 Å². The van der Waals surface area contributed by atoms with Crippen LogP contribution in [0.3, 0.4) is 0 Å². The van der Waals surface area contributed by atoms with Crippen LogP contribution in [0.5, 0.6) is 23.0 Å². The number of nitrogens with zero attached hydrogens (tertiary/aromatic N) is 3. The number of rotatable bonds is 13. The molecule has 6 radical (unpaired) electrons. The number of esters is 2. The molecule has 26 heteroatoms. The third-order valence-electron chi connectivity index (χ3n) is 8.64. The minimum absolute atomic E-state index is 0. The second-order valence-electron chi connectivity index (χ2n) is 16.0. The number of nitriles is 1. The third kappa shape index (κ3) is 29.7. The molecule has 0 aliphatic carbocycles. The molecule has 2 heterocycles. The summed E-state index contributed by atoms with van der Waals surface area (Å²) >= 11 is 23.8. The molecule has 0 amide bonds. The summed E-state index contributed by atoms with van der Waals surface area (Å²) in [6.45, 7) is 18.1. The van der Waals surface area contributed by atoms with E-state index in [1.807, 2.05) is 31.2 Å². The van der Waals surface area contributed by atoms with Gasteiger partial charge in [-0.25, -0.2) is 4.79 Å². The second kappa shape index (κ2) is 41.9. The number of benzene rings is 4. The Kier molecular flexibility index (Phi) is 42.5. The van der Waals surface area contributed by atoms with Gasteiger partial charge in [0.15, 0.2) is 11.2 Å². The molecule has 1 atom stereocenters. The molecule has 0 bridgehead atoms. The fourth-order valence-electron chi connectivity index (χ4n) is 4.88. The average molecular weight is 1690 g/mol. The number of phenolic OH excluding ortho intramolecular Hbond substituents is 3. The molecule has 0 spiro atoms. The predicted octanol–water partition coefficient (Wildman–Crippen LogP) is 12.7. The predicted molar refractivity (Wildman–Crippen MR) is 336 cm³/mol. The van der Waals surface area contributed by atoms with E-state index >= 15 is 0 Å². The Morgan fingerprint density at radius 3 is 1.58 bits per heavy atom. The van der Waals surface area contributed by atoms with Gasteiger partial charge in [-0.15, -0.1) is 11.6 Å². The minimum atomic E-state index is -1.14. The van der Waals surface area contributed by atoms with Crippen LogP contribution < -0.4 is 4.74 Å². The molecule has 0 saturated carbocycles. The first-order valence-electron chi connectivity index (χ1n) is 22.4. The van der Waals surface area contributed by atoms with Crippen molar-refractivity contribution in [2.45, 2.75) is 75.1 Å². The van der Waals surface area contributed by atoms with Crippen LogP contribution in [-0.2, 0) is 19.1 Å². The number of halogens is 6. The summed E-state index contributed by atoms with van der Waals surface area (Å²) in [6.07, 6.45) is 0. The van der Waals surface area contributed by atoms with E-state index in [-0.39, 0.29) is 97.5 Å². The second-order valence-corrected chi connectivity index (χ2v) is 25.5. The SMILES string of the molecule is C.CC(C)CBr.CCOC(=O)C(Cl)C(C)=O.CCOC(=O)c1[se]c(-c2ccc(O)c(Br)c2)nc1C.Cc1nc(-c2ccc(OCC(C)C)c(Br)c2)[se]c1C(=O)O.N#Cc1ccc(O)c(Br)c1.N=C([Se])c1ccc(O)c(Br)c1.[B].[Se]. The van der Waals surface area contributed by atoms with Gasteiger partial charge in [-0.05, 0) is 53.9 Å². The number of nitrogens with one attached hydrogen (secondary N) is 1. The van der Waals surface area contributed by atoms with Gasteiger partial charge in [0.2, 0.25) is 0 Å². The van der Waals surface area contributed by atoms with E-state index in [0.717, 1.165) is 53.0 Å². The van der Waals surface area contributed by atoms with E-state index in [4.69, 9.17) is 47.1 Å². The van der Waals surface area contributed by atoms with Crippen molar-refractivity contribution in [3.05, 3.63) is 122 Å². The number of hydrogen-bond acceptors (Lipinski definition) is 14. The normalized spacial score (nSPS) is 10.0. The maximum absolute atomic E-state index is 11.8. The Bertz CT molecular complexity index is 2960. The topological polar surface area (TPSA) is 250 Å². The number of ether oxygens (including phenoxy) is 3. The zero-order valence-electron chi connectivity index (χ0n) is 43.5. The average Bonchev–Trinajstić information content (AvgIpc) is 3.97. The number of alkyl halides is 2. The quantitative estimate of drug-likeness (QED) is 0.0237. The standard InChI is InChI=1S/C15H16BrNO3Se.C13H12BrNO3Se.C7H5BrNOSe.C7H4BrNO.C6H9ClO3.C4H9Br.CH4.B.Se/c1-8(2)7-20-12-5-4-10(6-11(12)16)14-17-9(3)13(21-14)15(18)19;1-3-18-13(17)11-7(2)15-12(19-11)8-4-5-10(16)9(14)6-8;8-5-3-4(7(9)11)1-2-6(5)10;8-6-3-5(4-9)1-2-7(6)10;1-3-10-6(9)5(7)4(2)8;1-4(2)3-5;;;/h4-6,8H,7H2,1-3H3,(H,18,19);4-6,16H,3H2,1-2H3;1-3,9-10H;1-3,10H;5H,3H2,1-2H3;4H,3H2,1-2H3;1H4;;. The number of aromatic nitrogens is 2. The number of carboxylic acids is 1. The van der Waals surface area contributed by atoms with Gasteiger partial charge >= 0.3 is 350 Å². The summed E-state index contributed by atoms with van der Waals surface area (Å²) in [5, 5.41) is 52.3. The van der Waals surface area contributed by atoms with Gasteiger partial charge in [0, 0.05) is 30.8 Å². The zero-order valence-corrected chi connectivity index (χ0v) is 59.0. The van der Waals surface area contributed by atoms with Crippen molar-refractivity contribution in [1.82, 2.24) is 9.97 Å². The van der Waals surface area contributed by atoms with Gasteiger partial charge in [0.1, 0.15) is 5.75 Å². The van der Waals surface area contributed by atoms with Crippen LogP contribution in [-0.4, -0.2) is 160 Å². The van der Waals surface area contributed by atoms with Gasteiger partial charge in [0.05, 0.1) is 22.7 Å². The Hall–Kier alpha value is -3.03. The Morgan fingerprint density at radius 2 is 1.19 bits per heavy atom. The van der Waals surface area contributed by atoms with Gasteiger partial charge in [0.25, 0.3) is 0 Å². The Labute approximate surface area is 542 Å². The largest absolute Gasteiger partial charge is 0 e. The van der Waals surface area contributed by atoms with Crippen molar-refractivity contribution in [2.24, 2.45) is 11.8 Å². The molecule has 2 aromatic heterocycles. The van der Waals surface area contributed by atoms with Crippen molar-refractivity contribution in [3.63, 3.8) is 0 Å². The maximum Gasteiger partial charge on any atom is 0 e. The number of Topliss-reactive ketones (excluding diaryl/α,β-unsaturated/α-hetero) is 1. The molecule has 426 valence electrons. The molecule has 15 nitrogen and oxygen atoms in total. The number of aryl methyl sites for hydroxylation is 2. The monoisotopic (exact) mass is 1690 g/mol. The fraction of sp³-hybridized carbons (Fsp3) is 0.321. The number of carbonyl (C=O) groups excluding carboxylic acids is 3. The fourth-order valence-corrected chi connectivity index (χ4v) is 10.7. The molecule has 0 saturated heterocycles. The summed E-state index contributed by atoms with van der Waals surface area (Å²) in [4.78, 5) is 52.7. The van der Waals surface area contributed by atoms with E-state index in [2.05, 4.69) is 138 Å². The van der Waals surface area contributed by atoms with E-state index in [0.29, 0.717) is 57.3 Å². The van der Waals surface area contributed by atoms with E-state index < -0.39 is 17.3 Å². The molecule has 0 fully saturated rings. The van der Waals surface area contributed by atoms with Gasteiger partial charge in [-0.2, -0.15) is 5.26 Å². The molecule has 79 heavy (non-hydrogen) atoms. The van der Waals surface area contributed by atoms with Crippen LogP contribution in [0.1, 0.15) is 96.9 Å². The van der Waals surface area contributed by atoms with Crippen LogP contribution >= 0.6 is 91.3 Å². The summed E-state index contributed by atoms with van der Waals surface area (Å²) < 4.78 is 21.0. The summed E-state index contributed by atoms with van der Waals surface area (Å²) in [7, 11) is 0. The van der Waals surface area contributed by atoms with Gasteiger partial charge in [-0.3, -0.25) is 4.79 Å². The van der Waals surface area contributed by atoms with Crippen LogP contribution in [0.4, 0.5) is 0 Å². The van der Waals surface area contributed by atoms with Crippen molar-refractivity contribution in [2.75, 3.05) is 25.2 Å². The number of carboxylic acid groups (broad SMARTS) is 1. The Morgan fingerprint density at radius 1 is 0.747 bits per heavy atom. The molecular formula is C53H59BBr5ClN4O11Se4. The zero-order chi connectivity index (χ0) is 58.0. The van der Waals surface area contributed by atoms with E-state index in [1.54, 1.807) is 69.3 Å². The Balaban J connectivity index is -0.000000915. The first-order chi connectivity index (χ1) is 35.6. The van der Waals surface area contributed by atoms with Crippen molar-refractivity contribution < 1.29 is 53.8 Å². The van der Waals surface area contributed by atoms with Crippen molar-refractivity contribution in [3.8, 4) is 49.3 Å². The molecule has 1 unspecified atom stereocenters. The summed E-state index contributed by atoms with van der Waals surface area (Å²) in [6, 6.07) is 22.4. The van der Waals surface area contributed by atoms with Crippen LogP contribution in [0.15, 0.2) is 90.7 Å². The van der Waals surface area contributed by atoms with Crippen LogP contribution in [0, 0.1) is 42.4 Å². The number of phenols is 3. The summed E-state index contributed by atoms with van der Waals surface area (Å²) in [5.74, 6) is 0.371. The first-order valence-corrected chi connectivity index (χ1v) is 31.4. The summed E-state index contributed by atoms with van der Waals surface area (Å²) in [5.41, 5.74) is 4.46. The number of aromatic carboxylic acids is 1. The number of hydrogen-bond donors (Lipinski definition) is 5. The van der Waals surface area contributed by atoms with E-state index in [1.165, 1.54) is 13.0 Å². The van der Waals surface area contributed by atoms with Crippen molar-refractivity contribution in [1.29, 1.82) is 10.7 Å². The van der Waals surface area contributed by atoms with Crippen LogP contribution in [0.25, 0.3) is 20.3 Å². The molecule has 6 rings (SSSR count). The van der Waals surface area contributed by atoms with Gasteiger partial charge in [-0.1, -0.05) is 37.2 Å². The molecule has 6 aromatic rings. The molecular weight excluding hydrogens is 1630 g/mol. The molecule has 4 aromatic carbocycles. The molecule has 5 N–H and O–H groups in total. The minimum Gasteiger partial charge on any atom is 0 e. The van der Waals surface area contributed by atoms with E-state index in [9.17, 15) is 24.3 Å². The number of ketones is 1. The smallest absolute Gasteiger partial charge is 0 e. The van der Waals surface area contributed by atoms with Crippen LogP contribution in [0.2, 0.25) is 0 Å². The third-order valence-corrected chi connectivity index (χ3v) is 18.4. The molecule has 0 aliphatic heterocycles. The number of aromatic hydroxyl groups is 3. The van der Waals surface area contributed by atoms with Crippen molar-refractivity contribution >= 4 is 190 Å². The first kappa shape index (κ1) is 80.2. The number of carbonyl (C=O) groups is 4.